The number of carbonyl (C=O) groups excluding carboxylic acids is 1. The van der Waals surface area contributed by atoms with E-state index in [2.05, 4.69) is 0 Å². The molecule has 1 heterocycles. The van der Waals surface area contributed by atoms with Crippen molar-refractivity contribution in [3.8, 4) is 11.5 Å². The molecule has 2 aromatic rings. The summed E-state index contributed by atoms with van der Waals surface area (Å²) in [5, 5.41) is 19.3. The molecule has 6 heteroatoms. The van der Waals surface area contributed by atoms with Crippen molar-refractivity contribution < 1.29 is 24.5 Å². The molecule has 1 unspecified atom stereocenters. The lowest BCUT2D eigenvalue weighted by Gasteiger charge is -2.27. The Balaban J connectivity index is 2.07. The lowest BCUT2D eigenvalue weighted by molar-refractivity contribution is -0.110. The first-order valence-electron chi connectivity index (χ1n) is 7.43. The Kier molecular flexibility index (Phi) is 3.54. The van der Waals surface area contributed by atoms with Gasteiger partial charge in [0.2, 0.25) is 0 Å². The third kappa shape index (κ3) is 2.56. The molecule has 25 heavy (non-hydrogen) atoms. The lowest BCUT2D eigenvalue weighted by atomic mass is 10.1. The predicted molar refractivity (Wildman–Crippen MR) is 93.5 cm³/mol. The van der Waals surface area contributed by atoms with E-state index in [1.807, 2.05) is 0 Å². The van der Waals surface area contributed by atoms with Gasteiger partial charge in [0.05, 0.1) is 15.3 Å². The molecular formula is C19H12O5S. The maximum absolute atomic E-state index is 11.7. The highest BCUT2D eigenvalue weighted by molar-refractivity contribution is 8.16. The minimum absolute atomic E-state index is 0.0375. The third-order valence-corrected chi connectivity index (χ3v) is 6.19. The minimum atomic E-state index is -1.02. The molecule has 124 valence electrons. The fraction of sp³-hybridized carbons (Fsp3) is 0. The summed E-state index contributed by atoms with van der Waals surface area (Å²) >= 11 is 0. The van der Waals surface area contributed by atoms with Crippen LogP contribution in [0.15, 0.2) is 76.2 Å². The van der Waals surface area contributed by atoms with Gasteiger partial charge in [0.1, 0.15) is 17.3 Å². The van der Waals surface area contributed by atoms with Gasteiger partial charge in [0, 0.05) is 17.0 Å². The Labute approximate surface area is 145 Å². The Morgan fingerprint density at radius 3 is 2.64 bits per heavy atom. The minimum Gasteiger partial charge on any atom is -0.508 e. The van der Waals surface area contributed by atoms with Crippen molar-refractivity contribution in [3.05, 3.63) is 72.0 Å². The summed E-state index contributed by atoms with van der Waals surface area (Å²) in [7, 11) is -0.762. The van der Waals surface area contributed by atoms with Crippen LogP contribution in [0, 0.1) is 0 Å². The number of ketones is 1. The summed E-state index contributed by atoms with van der Waals surface area (Å²) in [6, 6.07) is 11.5. The standard InChI is InChI=1S/C19H12O5S/c20-11-5-7-17-14(9-11)24-15-10-12(21)6-8-18(15)25(17)16-4-2-1-3-13(16)19(22)23/h1-10,20H,(H,22,23). The molecule has 4 rings (SSSR count). The highest BCUT2D eigenvalue weighted by atomic mass is 32.2. The summed E-state index contributed by atoms with van der Waals surface area (Å²) < 4.78 is 5.79. The average molecular weight is 352 g/mol. The van der Waals surface area contributed by atoms with Crippen LogP contribution in [-0.2, 0) is 4.79 Å². The molecule has 1 atom stereocenters. The van der Waals surface area contributed by atoms with E-state index in [0.717, 1.165) is 9.76 Å². The van der Waals surface area contributed by atoms with Crippen molar-refractivity contribution in [1.29, 1.82) is 0 Å². The van der Waals surface area contributed by atoms with Gasteiger partial charge in [-0.25, -0.2) is 4.79 Å². The fourth-order valence-corrected chi connectivity index (χ4v) is 5.09. The summed E-state index contributed by atoms with van der Waals surface area (Å²) in [5.41, 5.74) is 0.198. The fourth-order valence-electron chi connectivity index (χ4n) is 2.78. The van der Waals surface area contributed by atoms with Crippen LogP contribution in [0.25, 0.3) is 0 Å². The number of phenolic OH excluding ortho intramolecular Hbond substituents is 1. The molecule has 2 aromatic carbocycles. The number of aromatic hydroxyl groups is 1. The van der Waals surface area contributed by atoms with E-state index < -0.39 is 16.5 Å². The average Bonchev–Trinajstić information content (AvgIpc) is 2.59. The van der Waals surface area contributed by atoms with Crippen LogP contribution in [0.3, 0.4) is 0 Å². The van der Waals surface area contributed by atoms with Gasteiger partial charge in [-0.1, -0.05) is 12.1 Å². The number of ether oxygens (including phenoxy) is 1. The highest BCUT2D eigenvalue weighted by Gasteiger charge is 2.28. The number of fused-ring (bicyclic) bond motifs is 2. The van der Waals surface area contributed by atoms with E-state index in [-0.39, 0.29) is 17.1 Å². The molecule has 2 aliphatic rings. The molecule has 0 radical (unpaired) electrons. The number of carboxylic acids is 1. The summed E-state index contributed by atoms with van der Waals surface area (Å²) in [5.74, 6) is -0.374. The van der Waals surface area contributed by atoms with Gasteiger partial charge in [-0.2, -0.15) is 0 Å². The Morgan fingerprint density at radius 1 is 1.04 bits per heavy atom. The number of carboxylic acid groups (broad SMARTS) is 1. The number of phenols is 1. The van der Waals surface area contributed by atoms with Crippen molar-refractivity contribution in [1.82, 2.24) is 0 Å². The van der Waals surface area contributed by atoms with E-state index >= 15 is 0 Å². The van der Waals surface area contributed by atoms with Crippen molar-refractivity contribution in [2.75, 3.05) is 0 Å². The number of hydrogen-bond donors (Lipinski definition) is 2. The maximum Gasteiger partial charge on any atom is 0.336 e. The van der Waals surface area contributed by atoms with Crippen molar-refractivity contribution in [2.45, 2.75) is 9.79 Å². The molecule has 1 aliphatic heterocycles. The largest absolute Gasteiger partial charge is 0.508 e. The topological polar surface area (TPSA) is 83.8 Å². The predicted octanol–water partition coefficient (Wildman–Crippen LogP) is 3.36. The monoisotopic (exact) mass is 352 g/mol. The molecule has 0 saturated heterocycles. The van der Waals surface area contributed by atoms with Crippen molar-refractivity contribution >= 4 is 27.1 Å². The van der Waals surface area contributed by atoms with Crippen LogP contribution in [0.4, 0.5) is 0 Å². The molecular weight excluding hydrogens is 340 g/mol. The molecule has 5 nitrogen and oxygen atoms in total. The summed E-state index contributed by atoms with van der Waals surface area (Å²) in [4.78, 5) is 25.5. The van der Waals surface area contributed by atoms with Crippen LogP contribution in [0.1, 0.15) is 10.4 Å². The first-order valence-corrected chi connectivity index (χ1v) is 8.65. The van der Waals surface area contributed by atoms with Crippen LogP contribution in [-0.4, -0.2) is 26.8 Å². The van der Waals surface area contributed by atoms with Crippen LogP contribution in [0.2, 0.25) is 0 Å². The second-order valence-electron chi connectivity index (χ2n) is 5.45. The molecule has 0 spiro atoms. The van der Waals surface area contributed by atoms with Gasteiger partial charge in [0.25, 0.3) is 0 Å². The van der Waals surface area contributed by atoms with E-state index in [1.54, 1.807) is 42.5 Å². The van der Waals surface area contributed by atoms with E-state index in [9.17, 15) is 19.8 Å². The van der Waals surface area contributed by atoms with Crippen molar-refractivity contribution in [2.24, 2.45) is 0 Å². The van der Waals surface area contributed by atoms with E-state index in [1.165, 1.54) is 18.2 Å². The van der Waals surface area contributed by atoms with E-state index in [4.69, 9.17) is 4.74 Å². The number of aromatic carboxylic acids is 1. The Morgan fingerprint density at radius 2 is 1.84 bits per heavy atom. The number of hydrogen-bond acceptors (Lipinski definition) is 4. The molecule has 2 N–H and O–H groups in total. The number of rotatable bonds is 2. The second kappa shape index (κ2) is 5.75. The summed E-state index contributed by atoms with van der Waals surface area (Å²) in [6.07, 6.45) is 4.50. The van der Waals surface area contributed by atoms with Gasteiger partial charge < -0.3 is 14.9 Å². The first-order chi connectivity index (χ1) is 12.0. The second-order valence-corrected chi connectivity index (χ2v) is 7.38. The maximum atomic E-state index is 11.7. The molecule has 0 fully saturated rings. The third-order valence-electron chi connectivity index (χ3n) is 3.84. The SMILES string of the molecule is O=C1C=CC2=S(c3ccccc3C(=O)O)c3ccc(O)cc3OC2=C1. The first kappa shape index (κ1) is 15.4. The number of carbonyl (C=O) groups is 2. The Hall–Kier alpha value is -3.12. The zero-order chi connectivity index (χ0) is 17.6. The quantitative estimate of drug-likeness (QED) is 0.810. The highest BCUT2D eigenvalue weighted by Crippen LogP contribution is 2.50. The summed E-state index contributed by atoms with van der Waals surface area (Å²) in [6.45, 7) is 0. The zero-order valence-corrected chi connectivity index (χ0v) is 13.6. The van der Waals surface area contributed by atoms with Crippen molar-refractivity contribution in [3.63, 3.8) is 0 Å². The number of benzene rings is 2. The van der Waals surface area contributed by atoms with Gasteiger partial charge in [-0.3, -0.25) is 4.79 Å². The zero-order valence-electron chi connectivity index (χ0n) is 12.8. The normalized spacial score (nSPS) is 18.1. The van der Waals surface area contributed by atoms with Gasteiger partial charge in [-0.05, 0) is 36.4 Å². The van der Waals surface area contributed by atoms with Gasteiger partial charge in [0.15, 0.2) is 5.78 Å². The van der Waals surface area contributed by atoms with Crippen LogP contribution in [0.5, 0.6) is 11.5 Å². The van der Waals surface area contributed by atoms with Crippen LogP contribution >= 0.6 is 10.5 Å². The van der Waals surface area contributed by atoms with Gasteiger partial charge >= 0.3 is 5.97 Å². The van der Waals surface area contributed by atoms with Crippen LogP contribution < -0.4 is 4.74 Å². The number of allylic oxidation sites excluding steroid dienone is 3. The lowest BCUT2D eigenvalue weighted by Crippen LogP contribution is -2.18. The molecule has 1 aliphatic carbocycles. The molecule has 0 bridgehead atoms. The molecule has 0 saturated carbocycles. The molecule has 0 aromatic heterocycles. The molecule has 0 amide bonds. The van der Waals surface area contributed by atoms with Gasteiger partial charge in [-0.15, -0.1) is 10.5 Å². The van der Waals surface area contributed by atoms with E-state index in [0.29, 0.717) is 16.4 Å². The Bertz CT molecular complexity index is 1030. The smallest absolute Gasteiger partial charge is 0.336 e.